The number of carbonyl (C=O) groups excluding carboxylic acids is 2. The van der Waals surface area contributed by atoms with E-state index in [0.29, 0.717) is 0 Å². The Balaban J connectivity index is 0.00000169. The topological polar surface area (TPSA) is 87.0 Å². The van der Waals surface area contributed by atoms with Crippen molar-refractivity contribution in [2.45, 2.75) is 6.92 Å². The van der Waals surface area contributed by atoms with Crippen molar-refractivity contribution >= 4 is 17.7 Å². The van der Waals surface area contributed by atoms with Gasteiger partial charge in [-0.05, 0) is 0 Å². The van der Waals surface area contributed by atoms with Gasteiger partial charge in [-0.3, -0.25) is 4.79 Å². The van der Waals surface area contributed by atoms with Crippen LogP contribution in [-0.4, -0.2) is 21.4 Å². The van der Waals surface area contributed by atoms with Gasteiger partial charge in [-0.25, -0.2) is 4.98 Å². The van der Waals surface area contributed by atoms with Crippen molar-refractivity contribution in [1.82, 2.24) is 9.55 Å². The van der Waals surface area contributed by atoms with Crippen LogP contribution in [0.25, 0.3) is 0 Å². The Kier molecular flexibility index (Phi) is 4.82. The maximum atomic E-state index is 10.6. The molecule has 0 aromatic carbocycles. The van der Waals surface area contributed by atoms with Crippen molar-refractivity contribution < 1.29 is 44.3 Å². The second-order valence-electron chi connectivity index (χ2n) is 2.53. The van der Waals surface area contributed by atoms with E-state index in [2.05, 4.69) is 10.3 Å². The monoisotopic (exact) mass is 205 g/mol. The molecule has 0 atom stereocenters. The van der Waals surface area contributed by atoms with Gasteiger partial charge in [0.15, 0.2) is 11.6 Å². The summed E-state index contributed by atoms with van der Waals surface area (Å²) in [7, 11) is 1.50. The van der Waals surface area contributed by atoms with Crippen molar-refractivity contribution in [2.75, 3.05) is 5.32 Å². The molecule has 0 aliphatic rings. The van der Waals surface area contributed by atoms with E-state index in [4.69, 9.17) is 0 Å². The van der Waals surface area contributed by atoms with Crippen LogP contribution in [0.4, 0.5) is 5.82 Å². The third kappa shape index (κ3) is 3.13. The molecule has 0 aliphatic carbocycles. The first-order chi connectivity index (χ1) is 6.00. The first-order valence-electron chi connectivity index (χ1n) is 3.53. The number of hydrogen-bond donors (Lipinski definition) is 1. The molecule has 70 valence electrons. The van der Waals surface area contributed by atoms with Crippen molar-refractivity contribution in [3.63, 3.8) is 0 Å². The van der Waals surface area contributed by atoms with Crippen LogP contribution in [0, 0.1) is 0 Å². The molecule has 7 heteroatoms. The van der Waals surface area contributed by atoms with Crippen molar-refractivity contribution in [1.29, 1.82) is 0 Å². The molecule has 0 spiro atoms. The first-order valence-corrected chi connectivity index (χ1v) is 3.53. The SMILES string of the molecule is CC(=O)Nc1cn(C)c(C(=O)[O-])n1.[Na+]. The Hall–Kier alpha value is -0.850. The number of hydrogen-bond acceptors (Lipinski definition) is 4. The van der Waals surface area contributed by atoms with Crippen LogP contribution >= 0.6 is 0 Å². The van der Waals surface area contributed by atoms with Crippen molar-refractivity contribution in [3.8, 4) is 0 Å². The number of imidazole rings is 1. The summed E-state index contributed by atoms with van der Waals surface area (Å²) in [4.78, 5) is 24.6. The molecule has 1 heterocycles. The molecule has 1 aromatic rings. The zero-order valence-corrected chi connectivity index (χ0v) is 10.2. The van der Waals surface area contributed by atoms with E-state index < -0.39 is 5.97 Å². The zero-order chi connectivity index (χ0) is 10.0. The van der Waals surface area contributed by atoms with E-state index in [0.717, 1.165) is 0 Å². The van der Waals surface area contributed by atoms with Crippen LogP contribution in [0.1, 0.15) is 17.5 Å². The first kappa shape index (κ1) is 13.2. The Bertz CT molecular complexity index is 361. The Morgan fingerprint density at radius 3 is 2.50 bits per heavy atom. The van der Waals surface area contributed by atoms with E-state index in [1.807, 2.05) is 0 Å². The molecule has 0 unspecified atom stereocenters. The van der Waals surface area contributed by atoms with E-state index in [-0.39, 0.29) is 47.1 Å². The maximum absolute atomic E-state index is 10.6. The van der Waals surface area contributed by atoms with Gasteiger partial charge in [0.1, 0.15) is 5.97 Å². The summed E-state index contributed by atoms with van der Waals surface area (Å²) in [5.41, 5.74) is 0. The average Bonchev–Trinajstić information content (AvgIpc) is 2.29. The van der Waals surface area contributed by atoms with Gasteiger partial charge >= 0.3 is 29.6 Å². The number of nitrogens with zero attached hydrogens (tertiary/aromatic N) is 2. The summed E-state index contributed by atoms with van der Waals surface area (Å²) >= 11 is 0. The number of carbonyl (C=O) groups is 2. The molecule has 0 saturated carbocycles. The standard InChI is InChI=1S/C7H9N3O3.Na/c1-4(11)8-5-3-10(2)6(9-5)7(12)13;/h3H,1-2H3,(H,8,11)(H,12,13);/q;+1/p-1. The maximum Gasteiger partial charge on any atom is 1.00 e. The summed E-state index contributed by atoms with van der Waals surface area (Å²) in [6, 6.07) is 0. The van der Waals surface area contributed by atoms with Gasteiger partial charge in [-0.15, -0.1) is 0 Å². The second kappa shape index (κ2) is 5.14. The third-order valence-corrected chi connectivity index (χ3v) is 1.36. The van der Waals surface area contributed by atoms with Gasteiger partial charge in [0.05, 0.1) is 0 Å². The molecule has 0 saturated heterocycles. The number of aromatic nitrogens is 2. The Morgan fingerprint density at radius 2 is 2.14 bits per heavy atom. The Morgan fingerprint density at radius 1 is 1.57 bits per heavy atom. The number of carboxylic acids is 1. The number of anilines is 1. The van der Waals surface area contributed by atoms with Crippen LogP contribution in [-0.2, 0) is 11.8 Å². The molecule has 0 bridgehead atoms. The average molecular weight is 205 g/mol. The number of aromatic carboxylic acids is 1. The van der Waals surface area contributed by atoms with E-state index in [1.54, 1.807) is 0 Å². The number of nitrogens with one attached hydrogen (secondary N) is 1. The minimum Gasteiger partial charge on any atom is -0.542 e. The summed E-state index contributed by atoms with van der Waals surface area (Å²) in [5.74, 6) is -1.69. The van der Waals surface area contributed by atoms with E-state index in [1.165, 1.54) is 24.7 Å². The fourth-order valence-corrected chi connectivity index (χ4v) is 0.897. The Labute approximate surface area is 103 Å². The quantitative estimate of drug-likeness (QED) is 0.495. The number of amides is 1. The molecule has 1 rings (SSSR count). The minimum atomic E-state index is -1.38. The van der Waals surface area contributed by atoms with Crippen LogP contribution in [0.5, 0.6) is 0 Å². The van der Waals surface area contributed by atoms with Crippen molar-refractivity contribution in [2.24, 2.45) is 7.05 Å². The van der Waals surface area contributed by atoms with Gasteiger partial charge in [-0.2, -0.15) is 0 Å². The number of carboxylic acid groups (broad SMARTS) is 1. The fraction of sp³-hybridized carbons (Fsp3) is 0.286. The zero-order valence-electron chi connectivity index (χ0n) is 8.20. The molecular weight excluding hydrogens is 197 g/mol. The van der Waals surface area contributed by atoms with Crippen LogP contribution in [0.2, 0.25) is 0 Å². The van der Waals surface area contributed by atoms with Crippen molar-refractivity contribution in [3.05, 3.63) is 12.0 Å². The predicted molar refractivity (Wildman–Crippen MR) is 41.8 cm³/mol. The molecule has 1 aromatic heterocycles. The molecule has 0 aliphatic heterocycles. The molecule has 1 amide bonds. The largest absolute Gasteiger partial charge is 1.00 e. The smallest absolute Gasteiger partial charge is 0.542 e. The molecule has 1 N–H and O–H groups in total. The van der Waals surface area contributed by atoms with Gasteiger partial charge in [0.25, 0.3) is 0 Å². The van der Waals surface area contributed by atoms with Gasteiger partial charge in [0.2, 0.25) is 5.91 Å². The fourth-order valence-electron chi connectivity index (χ4n) is 0.897. The molecule has 0 radical (unpaired) electrons. The summed E-state index contributed by atoms with van der Waals surface area (Å²) < 4.78 is 1.26. The molecule has 6 nitrogen and oxygen atoms in total. The molecule has 0 fully saturated rings. The summed E-state index contributed by atoms with van der Waals surface area (Å²) in [5, 5.41) is 12.8. The van der Waals surface area contributed by atoms with Crippen LogP contribution in [0.15, 0.2) is 6.20 Å². The van der Waals surface area contributed by atoms with E-state index in [9.17, 15) is 14.7 Å². The normalized spacial score (nSPS) is 9.00. The number of rotatable bonds is 2. The number of aryl methyl sites for hydroxylation is 1. The van der Waals surface area contributed by atoms with Crippen LogP contribution in [0.3, 0.4) is 0 Å². The third-order valence-electron chi connectivity index (χ3n) is 1.36. The van der Waals surface area contributed by atoms with Gasteiger partial charge in [0, 0.05) is 20.2 Å². The minimum absolute atomic E-state index is 0. The molecular formula is C7H8N3NaO3. The van der Waals surface area contributed by atoms with Gasteiger partial charge in [-0.1, -0.05) is 0 Å². The van der Waals surface area contributed by atoms with E-state index >= 15 is 0 Å². The second-order valence-corrected chi connectivity index (χ2v) is 2.53. The predicted octanol–water partition coefficient (Wildman–Crippen LogP) is -4.25. The van der Waals surface area contributed by atoms with Crippen LogP contribution < -0.4 is 40.0 Å². The summed E-state index contributed by atoms with van der Waals surface area (Å²) in [6.45, 7) is 1.31. The molecule has 14 heavy (non-hydrogen) atoms. The van der Waals surface area contributed by atoms with Gasteiger partial charge < -0.3 is 19.8 Å². The summed E-state index contributed by atoms with van der Waals surface area (Å²) in [6.07, 6.45) is 1.40.